The van der Waals surface area contributed by atoms with Gasteiger partial charge >= 0.3 is 0 Å². The zero-order valence-corrected chi connectivity index (χ0v) is 12.9. The SMILES string of the molecule is CCNCc1cccc(Cl)c1OCc1ccc(Cl)s1. The molecule has 102 valence electrons. The second-order valence-corrected chi connectivity index (χ2v) is 6.21. The molecule has 0 aliphatic heterocycles. The fourth-order valence-electron chi connectivity index (χ4n) is 1.69. The lowest BCUT2D eigenvalue weighted by Gasteiger charge is -2.12. The molecule has 2 nitrogen and oxygen atoms in total. The Morgan fingerprint density at radius 2 is 2.05 bits per heavy atom. The molecule has 0 aliphatic rings. The van der Waals surface area contributed by atoms with Crippen LogP contribution in [-0.2, 0) is 13.2 Å². The van der Waals surface area contributed by atoms with Crippen molar-refractivity contribution in [3.63, 3.8) is 0 Å². The molecular weight excluding hydrogens is 301 g/mol. The van der Waals surface area contributed by atoms with E-state index in [0.29, 0.717) is 11.6 Å². The Bertz CT molecular complexity index is 542. The van der Waals surface area contributed by atoms with Crippen molar-refractivity contribution in [3.05, 3.63) is 50.1 Å². The monoisotopic (exact) mass is 315 g/mol. The zero-order valence-electron chi connectivity index (χ0n) is 10.6. The molecule has 0 unspecified atom stereocenters. The second kappa shape index (κ2) is 7.15. The van der Waals surface area contributed by atoms with Crippen molar-refractivity contribution in [1.82, 2.24) is 5.32 Å². The minimum Gasteiger partial charge on any atom is -0.486 e. The van der Waals surface area contributed by atoms with Gasteiger partial charge in [0.15, 0.2) is 0 Å². The summed E-state index contributed by atoms with van der Waals surface area (Å²) >= 11 is 13.6. The Morgan fingerprint density at radius 3 is 2.74 bits per heavy atom. The van der Waals surface area contributed by atoms with Gasteiger partial charge in [-0.1, -0.05) is 42.3 Å². The number of thiophene rings is 1. The molecular formula is C14H15Cl2NOS. The molecule has 5 heteroatoms. The standard InChI is InChI=1S/C14H15Cl2NOS/c1-2-17-8-10-4-3-5-12(15)14(10)18-9-11-6-7-13(16)19-11/h3-7,17H,2,8-9H2,1H3. The van der Waals surface area contributed by atoms with E-state index in [0.717, 1.165) is 33.6 Å². The summed E-state index contributed by atoms with van der Waals surface area (Å²) in [5, 5.41) is 3.91. The molecule has 19 heavy (non-hydrogen) atoms. The minimum absolute atomic E-state index is 0.486. The smallest absolute Gasteiger partial charge is 0.142 e. The summed E-state index contributed by atoms with van der Waals surface area (Å²) in [6, 6.07) is 9.63. The first-order valence-electron chi connectivity index (χ1n) is 6.06. The van der Waals surface area contributed by atoms with Crippen LogP contribution in [0, 0.1) is 0 Å². The van der Waals surface area contributed by atoms with Gasteiger partial charge in [0.1, 0.15) is 12.4 Å². The van der Waals surface area contributed by atoms with Crippen molar-refractivity contribution in [2.45, 2.75) is 20.1 Å². The number of benzene rings is 1. The van der Waals surface area contributed by atoms with Crippen molar-refractivity contribution in [2.24, 2.45) is 0 Å². The molecule has 2 aromatic rings. The minimum atomic E-state index is 0.486. The molecule has 0 bridgehead atoms. The lowest BCUT2D eigenvalue weighted by Crippen LogP contribution is -2.13. The second-order valence-electron chi connectivity index (χ2n) is 4.00. The van der Waals surface area contributed by atoms with Crippen molar-refractivity contribution < 1.29 is 4.74 Å². The maximum Gasteiger partial charge on any atom is 0.142 e. The number of hydrogen-bond acceptors (Lipinski definition) is 3. The average Bonchev–Trinajstić information content (AvgIpc) is 2.81. The highest BCUT2D eigenvalue weighted by Crippen LogP contribution is 2.30. The lowest BCUT2D eigenvalue weighted by atomic mass is 10.2. The van der Waals surface area contributed by atoms with Gasteiger partial charge < -0.3 is 10.1 Å². The van der Waals surface area contributed by atoms with Gasteiger partial charge in [0.05, 0.1) is 9.36 Å². The van der Waals surface area contributed by atoms with Crippen LogP contribution in [0.3, 0.4) is 0 Å². The lowest BCUT2D eigenvalue weighted by molar-refractivity contribution is 0.306. The normalized spacial score (nSPS) is 10.7. The molecule has 0 amide bonds. The molecule has 0 spiro atoms. The average molecular weight is 316 g/mol. The van der Waals surface area contributed by atoms with Gasteiger partial charge in [0.25, 0.3) is 0 Å². The van der Waals surface area contributed by atoms with Gasteiger partial charge in [0, 0.05) is 17.0 Å². The first-order chi connectivity index (χ1) is 9.20. The number of para-hydroxylation sites is 1. The van der Waals surface area contributed by atoms with Crippen molar-refractivity contribution in [3.8, 4) is 5.75 Å². The van der Waals surface area contributed by atoms with E-state index in [1.807, 2.05) is 30.3 Å². The van der Waals surface area contributed by atoms with E-state index < -0.39 is 0 Å². The van der Waals surface area contributed by atoms with Crippen molar-refractivity contribution >= 4 is 34.5 Å². The summed E-state index contributed by atoms with van der Waals surface area (Å²) in [6.45, 7) is 4.21. The first kappa shape index (κ1) is 14.7. The highest BCUT2D eigenvalue weighted by atomic mass is 35.5. The van der Waals surface area contributed by atoms with E-state index in [4.69, 9.17) is 27.9 Å². The largest absolute Gasteiger partial charge is 0.486 e. The Labute approximate surface area is 127 Å². The van der Waals surface area contributed by atoms with Crippen LogP contribution in [0.4, 0.5) is 0 Å². The number of ether oxygens (including phenoxy) is 1. The van der Waals surface area contributed by atoms with Crippen molar-refractivity contribution in [1.29, 1.82) is 0 Å². The van der Waals surface area contributed by atoms with Crippen LogP contribution < -0.4 is 10.1 Å². The van der Waals surface area contributed by atoms with E-state index in [2.05, 4.69) is 12.2 Å². The Hall–Kier alpha value is -0.740. The maximum absolute atomic E-state index is 6.20. The Balaban J connectivity index is 2.09. The molecule has 0 fully saturated rings. The summed E-state index contributed by atoms with van der Waals surface area (Å²) in [6.07, 6.45) is 0. The van der Waals surface area contributed by atoms with Crippen LogP contribution in [0.1, 0.15) is 17.4 Å². The maximum atomic E-state index is 6.20. The fraction of sp³-hybridized carbons (Fsp3) is 0.286. The van der Waals surface area contributed by atoms with E-state index in [1.165, 1.54) is 11.3 Å². The highest BCUT2D eigenvalue weighted by Gasteiger charge is 2.09. The predicted molar refractivity (Wildman–Crippen MR) is 82.5 cm³/mol. The van der Waals surface area contributed by atoms with Crippen LogP contribution in [0.5, 0.6) is 5.75 Å². The summed E-state index contributed by atoms with van der Waals surface area (Å²) in [7, 11) is 0. The van der Waals surface area contributed by atoms with E-state index in [9.17, 15) is 0 Å². The predicted octanol–water partition coefficient (Wildman–Crippen LogP) is 4.74. The molecule has 1 aromatic heterocycles. The van der Waals surface area contributed by atoms with Crippen molar-refractivity contribution in [2.75, 3.05) is 6.54 Å². The number of rotatable bonds is 6. The molecule has 1 aromatic carbocycles. The molecule has 0 saturated heterocycles. The Kier molecular flexibility index (Phi) is 5.52. The third-order valence-electron chi connectivity index (χ3n) is 2.60. The van der Waals surface area contributed by atoms with Gasteiger partial charge in [-0.15, -0.1) is 11.3 Å². The van der Waals surface area contributed by atoms with E-state index >= 15 is 0 Å². The van der Waals surface area contributed by atoms with E-state index in [1.54, 1.807) is 0 Å². The van der Waals surface area contributed by atoms with Gasteiger partial charge in [-0.25, -0.2) is 0 Å². The van der Waals surface area contributed by atoms with E-state index in [-0.39, 0.29) is 0 Å². The summed E-state index contributed by atoms with van der Waals surface area (Å²) in [4.78, 5) is 1.08. The topological polar surface area (TPSA) is 21.3 Å². The third kappa shape index (κ3) is 4.11. The van der Waals surface area contributed by atoms with Gasteiger partial charge in [0.2, 0.25) is 0 Å². The van der Waals surface area contributed by atoms with Crippen LogP contribution in [0.2, 0.25) is 9.36 Å². The summed E-state index contributed by atoms with van der Waals surface area (Å²) in [5.74, 6) is 0.745. The molecule has 1 heterocycles. The molecule has 1 N–H and O–H groups in total. The number of halogens is 2. The number of hydrogen-bond donors (Lipinski definition) is 1. The van der Waals surface area contributed by atoms with Gasteiger partial charge in [-0.05, 0) is 24.7 Å². The van der Waals surface area contributed by atoms with Crippen LogP contribution in [0.15, 0.2) is 30.3 Å². The quantitative estimate of drug-likeness (QED) is 0.831. The van der Waals surface area contributed by atoms with Crippen LogP contribution >= 0.6 is 34.5 Å². The Morgan fingerprint density at radius 1 is 1.21 bits per heavy atom. The summed E-state index contributed by atoms with van der Waals surface area (Å²) in [5.41, 5.74) is 1.07. The molecule has 0 saturated carbocycles. The van der Waals surface area contributed by atoms with Gasteiger partial charge in [-0.3, -0.25) is 0 Å². The van der Waals surface area contributed by atoms with Gasteiger partial charge in [-0.2, -0.15) is 0 Å². The first-order valence-corrected chi connectivity index (χ1v) is 7.63. The number of nitrogens with one attached hydrogen (secondary N) is 1. The van der Waals surface area contributed by atoms with Crippen LogP contribution in [0.25, 0.3) is 0 Å². The third-order valence-corrected chi connectivity index (χ3v) is 4.10. The molecule has 2 rings (SSSR count). The molecule has 0 radical (unpaired) electrons. The fourth-order valence-corrected chi connectivity index (χ4v) is 2.94. The molecule has 0 aliphatic carbocycles. The van der Waals surface area contributed by atoms with Crippen LogP contribution in [-0.4, -0.2) is 6.54 Å². The summed E-state index contributed by atoms with van der Waals surface area (Å²) < 4.78 is 6.61. The highest BCUT2D eigenvalue weighted by molar-refractivity contribution is 7.16. The zero-order chi connectivity index (χ0) is 13.7. The molecule has 0 atom stereocenters.